The molecule has 0 unspecified atom stereocenters. The minimum Gasteiger partial charge on any atom is -0.496 e. The van der Waals surface area contributed by atoms with Crippen LogP contribution in [0.2, 0.25) is 0 Å². The summed E-state index contributed by atoms with van der Waals surface area (Å²) in [6, 6.07) is 4.56. The van der Waals surface area contributed by atoms with Gasteiger partial charge in [0.25, 0.3) is 5.69 Å². The summed E-state index contributed by atoms with van der Waals surface area (Å²) in [4.78, 5) is 10.4. The van der Waals surface area contributed by atoms with Gasteiger partial charge in [-0.3, -0.25) is 10.1 Å². The summed E-state index contributed by atoms with van der Waals surface area (Å²) in [5.74, 6) is 0.708. The van der Waals surface area contributed by atoms with Crippen molar-refractivity contribution in [1.29, 1.82) is 0 Å². The van der Waals surface area contributed by atoms with Crippen molar-refractivity contribution in [2.24, 2.45) is 0 Å². The van der Waals surface area contributed by atoms with Gasteiger partial charge in [0.15, 0.2) is 0 Å². The van der Waals surface area contributed by atoms with Gasteiger partial charge >= 0.3 is 0 Å². The number of rotatable bonds is 5. The van der Waals surface area contributed by atoms with Gasteiger partial charge in [0, 0.05) is 6.07 Å². The number of nitro benzene ring substituents is 1. The van der Waals surface area contributed by atoms with Gasteiger partial charge in [-0.15, -0.1) is 16.7 Å². The molecule has 0 fully saturated rings. The first-order chi connectivity index (χ1) is 9.12. The van der Waals surface area contributed by atoms with Gasteiger partial charge in [-0.05, 0) is 11.6 Å². The third-order valence-electron chi connectivity index (χ3n) is 2.47. The molecule has 0 saturated heterocycles. The van der Waals surface area contributed by atoms with Gasteiger partial charge in [-0.2, -0.15) is 0 Å². The molecule has 2 rings (SSSR count). The molecule has 0 radical (unpaired) electrons. The van der Waals surface area contributed by atoms with Crippen LogP contribution in [0.5, 0.6) is 5.75 Å². The molecule has 7 nitrogen and oxygen atoms in total. The molecular formula is C11H11ClN4O3. The number of non-ortho nitro benzene ring substituents is 1. The Morgan fingerprint density at radius 3 is 2.84 bits per heavy atom. The van der Waals surface area contributed by atoms with E-state index in [0.29, 0.717) is 23.6 Å². The lowest BCUT2D eigenvalue weighted by atomic mass is 10.2. The van der Waals surface area contributed by atoms with Gasteiger partial charge in [0.05, 0.1) is 42.4 Å². The Kier molecular flexibility index (Phi) is 3.96. The number of nitro groups is 1. The van der Waals surface area contributed by atoms with Crippen molar-refractivity contribution in [1.82, 2.24) is 15.0 Å². The summed E-state index contributed by atoms with van der Waals surface area (Å²) in [5.41, 5.74) is 1.34. The van der Waals surface area contributed by atoms with Crippen LogP contribution in [0.15, 0.2) is 24.4 Å². The minimum absolute atomic E-state index is 0.0213. The number of aromatic nitrogens is 3. The fourth-order valence-electron chi connectivity index (χ4n) is 1.62. The fraction of sp³-hybridized carbons (Fsp3) is 0.273. The highest BCUT2D eigenvalue weighted by Gasteiger charge is 2.11. The van der Waals surface area contributed by atoms with E-state index in [0.717, 1.165) is 0 Å². The van der Waals surface area contributed by atoms with Crippen molar-refractivity contribution in [3.63, 3.8) is 0 Å². The summed E-state index contributed by atoms with van der Waals surface area (Å²) >= 11 is 5.63. The number of methoxy groups -OCH3 is 1. The molecule has 0 saturated carbocycles. The molecule has 100 valence electrons. The lowest BCUT2D eigenvalue weighted by molar-refractivity contribution is -0.385. The second kappa shape index (κ2) is 5.66. The standard InChI is InChI=1S/C11H11ClN4O3/c1-19-11-3-8(2-10(4-11)16(17)18)6-15-7-9(5-12)13-14-15/h2-4,7H,5-6H2,1H3. The highest BCUT2D eigenvalue weighted by Crippen LogP contribution is 2.23. The topological polar surface area (TPSA) is 83.1 Å². The van der Waals surface area contributed by atoms with Crippen molar-refractivity contribution in [2.75, 3.05) is 7.11 Å². The average molecular weight is 283 g/mol. The van der Waals surface area contributed by atoms with Crippen LogP contribution >= 0.6 is 11.6 Å². The number of halogens is 1. The van der Waals surface area contributed by atoms with Crippen LogP contribution < -0.4 is 4.74 Å². The molecule has 2 aromatic rings. The molecule has 0 bridgehead atoms. The van der Waals surface area contributed by atoms with E-state index < -0.39 is 4.92 Å². The van der Waals surface area contributed by atoms with Gasteiger partial charge in [0.1, 0.15) is 5.75 Å². The number of hydrogen-bond acceptors (Lipinski definition) is 5. The predicted octanol–water partition coefficient (Wildman–Crippen LogP) is 1.98. The molecule has 1 heterocycles. The van der Waals surface area contributed by atoms with E-state index in [2.05, 4.69) is 10.3 Å². The minimum atomic E-state index is -0.461. The zero-order chi connectivity index (χ0) is 13.8. The maximum Gasteiger partial charge on any atom is 0.273 e. The Labute approximate surface area is 113 Å². The van der Waals surface area contributed by atoms with Gasteiger partial charge in [0.2, 0.25) is 0 Å². The lowest BCUT2D eigenvalue weighted by Gasteiger charge is -2.05. The largest absolute Gasteiger partial charge is 0.496 e. The molecule has 0 aliphatic carbocycles. The maximum atomic E-state index is 10.8. The van der Waals surface area contributed by atoms with Crippen molar-refractivity contribution in [2.45, 2.75) is 12.4 Å². The Bertz CT molecular complexity index is 599. The molecule has 0 aliphatic heterocycles. The van der Waals surface area contributed by atoms with Crippen LogP contribution in [0, 0.1) is 10.1 Å². The van der Waals surface area contributed by atoms with Crippen LogP contribution in [-0.2, 0) is 12.4 Å². The molecule has 0 aliphatic rings. The first-order valence-electron chi connectivity index (χ1n) is 5.39. The van der Waals surface area contributed by atoms with Gasteiger partial charge in [-0.25, -0.2) is 4.68 Å². The van der Waals surface area contributed by atoms with Gasteiger partial charge < -0.3 is 4.74 Å². The van der Waals surface area contributed by atoms with Crippen molar-refractivity contribution < 1.29 is 9.66 Å². The summed E-state index contributed by atoms with van der Waals surface area (Å²) in [6.07, 6.45) is 1.69. The number of nitrogens with zero attached hydrogens (tertiary/aromatic N) is 4. The van der Waals surface area contributed by atoms with Crippen LogP contribution in [0.25, 0.3) is 0 Å². The molecule has 8 heteroatoms. The SMILES string of the molecule is COc1cc(Cn2cc(CCl)nn2)cc([N+](=O)[O-])c1. The molecule has 0 spiro atoms. The van der Waals surface area contributed by atoms with E-state index in [9.17, 15) is 10.1 Å². The van der Waals surface area contributed by atoms with Crippen LogP contribution in [0.3, 0.4) is 0 Å². The molecule has 1 aromatic carbocycles. The first kappa shape index (κ1) is 13.3. The van der Waals surface area contributed by atoms with E-state index in [1.165, 1.54) is 19.2 Å². The third kappa shape index (κ3) is 3.19. The average Bonchev–Trinajstić information content (AvgIpc) is 2.85. The summed E-state index contributed by atoms with van der Waals surface area (Å²) in [7, 11) is 1.46. The predicted molar refractivity (Wildman–Crippen MR) is 68.3 cm³/mol. The maximum absolute atomic E-state index is 10.8. The Hall–Kier alpha value is -2.15. The van der Waals surface area contributed by atoms with Crippen molar-refractivity contribution in [3.8, 4) is 5.75 Å². The monoisotopic (exact) mass is 282 g/mol. The van der Waals surface area contributed by atoms with Crippen LogP contribution in [0.1, 0.15) is 11.3 Å². The van der Waals surface area contributed by atoms with E-state index in [1.54, 1.807) is 16.9 Å². The lowest BCUT2D eigenvalue weighted by Crippen LogP contribution is -2.02. The van der Waals surface area contributed by atoms with E-state index in [-0.39, 0.29) is 11.6 Å². The second-order valence-electron chi connectivity index (χ2n) is 3.84. The smallest absolute Gasteiger partial charge is 0.273 e. The Morgan fingerprint density at radius 1 is 1.47 bits per heavy atom. The van der Waals surface area contributed by atoms with Crippen LogP contribution in [-0.4, -0.2) is 27.0 Å². The summed E-state index contributed by atoms with van der Waals surface area (Å²) in [5, 5.41) is 18.6. The quantitative estimate of drug-likeness (QED) is 0.476. The molecular weight excluding hydrogens is 272 g/mol. The van der Waals surface area contributed by atoms with E-state index in [4.69, 9.17) is 16.3 Å². The summed E-state index contributed by atoms with van der Waals surface area (Å²) in [6.45, 7) is 0.363. The highest BCUT2D eigenvalue weighted by molar-refractivity contribution is 6.16. The van der Waals surface area contributed by atoms with Gasteiger partial charge in [-0.1, -0.05) is 5.21 Å². The van der Waals surface area contributed by atoms with E-state index in [1.807, 2.05) is 0 Å². The molecule has 1 aromatic heterocycles. The van der Waals surface area contributed by atoms with Crippen molar-refractivity contribution in [3.05, 3.63) is 45.8 Å². The molecule has 0 amide bonds. The first-order valence-corrected chi connectivity index (χ1v) is 5.93. The number of ether oxygens (including phenoxy) is 1. The highest BCUT2D eigenvalue weighted by atomic mass is 35.5. The Balaban J connectivity index is 2.28. The number of alkyl halides is 1. The molecule has 0 atom stereocenters. The fourth-order valence-corrected chi connectivity index (χ4v) is 1.74. The zero-order valence-corrected chi connectivity index (χ0v) is 10.9. The molecule has 19 heavy (non-hydrogen) atoms. The zero-order valence-electron chi connectivity index (χ0n) is 10.1. The normalized spacial score (nSPS) is 10.4. The number of benzene rings is 1. The molecule has 0 N–H and O–H groups in total. The van der Waals surface area contributed by atoms with Crippen LogP contribution in [0.4, 0.5) is 5.69 Å². The third-order valence-corrected chi connectivity index (χ3v) is 2.74. The Morgan fingerprint density at radius 2 is 2.26 bits per heavy atom. The number of hydrogen-bond donors (Lipinski definition) is 0. The van der Waals surface area contributed by atoms with Crippen molar-refractivity contribution >= 4 is 17.3 Å². The second-order valence-corrected chi connectivity index (χ2v) is 4.10. The van der Waals surface area contributed by atoms with E-state index >= 15 is 0 Å². The summed E-state index contributed by atoms with van der Waals surface area (Å²) < 4.78 is 6.60.